The maximum atomic E-state index is 12.6. The number of hydrogen-bond donors (Lipinski definition) is 0. The van der Waals surface area contributed by atoms with Gasteiger partial charge in [0.05, 0.1) is 28.4 Å². The Labute approximate surface area is 111 Å². The van der Waals surface area contributed by atoms with Gasteiger partial charge in [-0.2, -0.15) is 18.4 Å². The molecule has 0 N–H and O–H groups in total. The van der Waals surface area contributed by atoms with Gasteiger partial charge in [0.25, 0.3) is 0 Å². The van der Waals surface area contributed by atoms with Crippen molar-refractivity contribution in [3.8, 4) is 6.07 Å². The smallest absolute Gasteiger partial charge is 0.417 e. The number of alkyl halides is 3. The van der Waals surface area contributed by atoms with E-state index in [-0.39, 0.29) is 5.56 Å². The van der Waals surface area contributed by atoms with E-state index in [1.54, 1.807) is 19.1 Å². The highest BCUT2D eigenvalue weighted by molar-refractivity contribution is 7.99. The molecule has 0 saturated carbocycles. The zero-order valence-electron chi connectivity index (χ0n) is 9.78. The lowest BCUT2D eigenvalue weighted by atomic mass is 10.1. The second-order valence-electron chi connectivity index (χ2n) is 3.76. The molecular formula is C13H8F3NOS. The van der Waals surface area contributed by atoms with Gasteiger partial charge in [0, 0.05) is 4.90 Å². The first-order valence-corrected chi connectivity index (χ1v) is 6.07. The fourth-order valence-corrected chi connectivity index (χ4v) is 2.41. The largest absolute Gasteiger partial charge is 0.468 e. The Morgan fingerprint density at radius 2 is 2.00 bits per heavy atom. The minimum atomic E-state index is -4.51. The maximum Gasteiger partial charge on any atom is 0.417 e. The number of furan rings is 1. The number of nitrogens with zero attached hydrogens (tertiary/aromatic N) is 1. The van der Waals surface area contributed by atoms with Gasteiger partial charge in [-0.3, -0.25) is 0 Å². The molecule has 0 aliphatic heterocycles. The lowest BCUT2D eigenvalue weighted by Crippen LogP contribution is -2.07. The second kappa shape index (κ2) is 5.02. The highest BCUT2D eigenvalue weighted by Crippen LogP contribution is 2.36. The van der Waals surface area contributed by atoms with Crippen molar-refractivity contribution in [2.75, 3.05) is 0 Å². The van der Waals surface area contributed by atoms with Gasteiger partial charge in [-0.1, -0.05) is 11.8 Å². The summed E-state index contributed by atoms with van der Waals surface area (Å²) >= 11 is 1.26. The van der Waals surface area contributed by atoms with Crippen molar-refractivity contribution in [3.05, 3.63) is 47.4 Å². The van der Waals surface area contributed by atoms with Crippen LogP contribution in [0.5, 0.6) is 0 Å². The summed E-state index contributed by atoms with van der Waals surface area (Å²) in [5.41, 5.74) is -1.29. The molecule has 19 heavy (non-hydrogen) atoms. The van der Waals surface area contributed by atoms with Gasteiger partial charge in [0.15, 0.2) is 0 Å². The third-order valence-corrected chi connectivity index (χ3v) is 3.59. The van der Waals surface area contributed by atoms with Crippen LogP contribution in [0, 0.1) is 18.3 Å². The summed E-state index contributed by atoms with van der Waals surface area (Å²) in [4.78, 5) is 1.37. The minimum absolute atomic E-state index is 0.376. The van der Waals surface area contributed by atoms with Crippen molar-refractivity contribution < 1.29 is 17.6 Å². The van der Waals surface area contributed by atoms with Crippen molar-refractivity contribution in [1.82, 2.24) is 0 Å². The van der Waals surface area contributed by atoms with Gasteiger partial charge >= 0.3 is 6.18 Å². The van der Waals surface area contributed by atoms with Crippen molar-refractivity contribution in [2.24, 2.45) is 0 Å². The van der Waals surface area contributed by atoms with Crippen LogP contribution in [0.25, 0.3) is 0 Å². The van der Waals surface area contributed by atoms with E-state index in [0.29, 0.717) is 10.7 Å². The number of halogens is 3. The van der Waals surface area contributed by atoms with Crippen LogP contribution < -0.4 is 0 Å². The molecule has 0 atom stereocenters. The molecule has 2 aromatic rings. The molecule has 2 nitrogen and oxygen atoms in total. The van der Waals surface area contributed by atoms with Crippen LogP contribution in [0.4, 0.5) is 13.2 Å². The van der Waals surface area contributed by atoms with Crippen LogP contribution in [0.2, 0.25) is 0 Å². The second-order valence-corrected chi connectivity index (χ2v) is 4.88. The first-order chi connectivity index (χ1) is 8.91. The van der Waals surface area contributed by atoms with E-state index in [9.17, 15) is 13.2 Å². The predicted molar refractivity (Wildman–Crippen MR) is 63.7 cm³/mol. The normalized spacial score (nSPS) is 11.3. The SMILES string of the molecule is Cc1occc1Sc1ccc(C(F)(F)F)c(C#N)c1. The van der Waals surface area contributed by atoms with Crippen LogP contribution >= 0.6 is 11.8 Å². The monoisotopic (exact) mass is 283 g/mol. The zero-order valence-corrected chi connectivity index (χ0v) is 10.6. The van der Waals surface area contributed by atoms with Crippen molar-refractivity contribution in [1.29, 1.82) is 5.26 Å². The zero-order chi connectivity index (χ0) is 14.0. The summed E-state index contributed by atoms with van der Waals surface area (Å²) in [5.74, 6) is 0.684. The minimum Gasteiger partial charge on any atom is -0.468 e. The van der Waals surface area contributed by atoms with Crippen LogP contribution in [0.1, 0.15) is 16.9 Å². The van der Waals surface area contributed by atoms with Gasteiger partial charge in [0.1, 0.15) is 5.76 Å². The Balaban J connectivity index is 2.36. The lowest BCUT2D eigenvalue weighted by molar-refractivity contribution is -0.137. The van der Waals surface area contributed by atoms with Crippen LogP contribution in [0.15, 0.2) is 44.7 Å². The lowest BCUT2D eigenvalue weighted by Gasteiger charge is -2.09. The molecule has 1 aromatic carbocycles. The Hall–Kier alpha value is -1.87. The van der Waals surface area contributed by atoms with Gasteiger partial charge in [-0.05, 0) is 31.2 Å². The standard InChI is InChI=1S/C13H8F3NOS/c1-8-12(4-5-18-8)19-10-2-3-11(13(14,15)16)9(6-10)7-17/h2-6H,1H3. The summed E-state index contributed by atoms with van der Waals surface area (Å²) in [7, 11) is 0. The molecule has 0 aliphatic carbocycles. The highest BCUT2D eigenvalue weighted by Gasteiger charge is 2.33. The van der Waals surface area contributed by atoms with Crippen molar-refractivity contribution >= 4 is 11.8 Å². The first kappa shape index (κ1) is 13.6. The van der Waals surface area contributed by atoms with E-state index in [2.05, 4.69) is 0 Å². The van der Waals surface area contributed by atoms with E-state index in [1.165, 1.54) is 30.2 Å². The average Bonchev–Trinajstić information content (AvgIpc) is 2.73. The number of nitriles is 1. The molecule has 98 valence electrons. The summed E-state index contributed by atoms with van der Waals surface area (Å²) in [6, 6.07) is 6.82. The molecule has 0 aliphatic rings. The molecule has 0 fully saturated rings. The topological polar surface area (TPSA) is 36.9 Å². The van der Waals surface area contributed by atoms with Crippen molar-refractivity contribution in [2.45, 2.75) is 22.9 Å². The van der Waals surface area contributed by atoms with Crippen molar-refractivity contribution in [3.63, 3.8) is 0 Å². The third kappa shape index (κ3) is 2.93. The molecule has 0 radical (unpaired) electrons. The molecule has 0 bridgehead atoms. The van der Waals surface area contributed by atoms with Gasteiger partial charge in [-0.25, -0.2) is 0 Å². The molecule has 1 heterocycles. The summed E-state index contributed by atoms with van der Waals surface area (Å²) in [5, 5.41) is 8.81. The van der Waals surface area contributed by atoms with E-state index < -0.39 is 11.7 Å². The molecule has 0 spiro atoms. The maximum absolute atomic E-state index is 12.6. The van der Waals surface area contributed by atoms with Gasteiger partial charge in [0.2, 0.25) is 0 Å². The fourth-order valence-electron chi connectivity index (χ4n) is 1.53. The fraction of sp³-hybridized carbons (Fsp3) is 0.154. The molecular weight excluding hydrogens is 275 g/mol. The Kier molecular flexibility index (Phi) is 3.58. The Morgan fingerprint density at radius 1 is 1.26 bits per heavy atom. The number of rotatable bonds is 2. The van der Waals surface area contributed by atoms with E-state index in [4.69, 9.17) is 9.68 Å². The molecule has 1 aromatic heterocycles. The Morgan fingerprint density at radius 3 is 2.53 bits per heavy atom. The molecule has 2 rings (SSSR count). The van der Waals surface area contributed by atoms with E-state index in [1.807, 2.05) is 0 Å². The summed E-state index contributed by atoms with van der Waals surface area (Å²) in [6.07, 6.45) is -3.01. The summed E-state index contributed by atoms with van der Waals surface area (Å²) in [6.45, 7) is 1.76. The molecule has 0 amide bonds. The van der Waals surface area contributed by atoms with E-state index in [0.717, 1.165) is 11.0 Å². The number of hydrogen-bond acceptors (Lipinski definition) is 3. The van der Waals surface area contributed by atoms with Crippen LogP contribution in [-0.4, -0.2) is 0 Å². The first-order valence-electron chi connectivity index (χ1n) is 5.25. The quantitative estimate of drug-likeness (QED) is 0.806. The molecule has 0 saturated heterocycles. The molecule has 0 unspecified atom stereocenters. The molecule has 6 heteroatoms. The Bertz CT molecular complexity index is 640. The van der Waals surface area contributed by atoms with E-state index >= 15 is 0 Å². The number of benzene rings is 1. The number of aryl methyl sites for hydroxylation is 1. The predicted octanol–water partition coefficient (Wildman–Crippen LogP) is 4.63. The average molecular weight is 283 g/mol. The van der Waals surface area contributed by atoms with Gasteiger partial charge in [-0.15, -0.1) is 0 Å². The van der Waals surface area contributed by atoms with Crippen LogP contribution in [0.3, 0.4) is 0 Å². The van der Waals surface area contributed by atoms with Gasteiger partial charge < -0.3 is 4.42 Å². The summed E-state index contributed by atoms with van der Waals surface area (Å²) < 4.78 is 43.0. The highest BCUT2D eigenvalue weighted by atomic mass is 32.2. The van der Waals surface area contributed by atoms with Crippen LogP contribution in [-0.2, 0) is 6.18 Å². The third-order valence-electron chi connectivity index (χ3n) is 2.46.